The van der Waals surface area contributed by atoms with Gasteiger partial charge in [0.05, 0.1) is 21.5 Å². The van der Waals surface area contributed by atoms with Gasteiger partial charge in [0, 0.05) is 11.5 Å². The molecule has 134 valence electrons. The second kappa shape index (κ2) is 6.45. The van der Waals surface area contributed by atoms with Crippen molar-refractivity contribution in [3.05, 3.63) is 64.6 Å². The number of hydrogen-bond acceptors (Lipinski definition) is 4. The van der Waals surface area contributed by atoms with Gasteiger partial charge in [0.2, 0.25) is 0 Å². The van der Waals surface area contributed by atoms with Gasteiger partial charge in [-0.3, -0.25) is 4.79 Å². The molecule has 0 unspecified atom stereocenters. The molecular formula is C18H13F3N2O2S. The Morgan fingerprint density at radius 2 is 2.12 bits per heavy atom. The summed E-state index contributed by atoms with van der Waals surface area (Å²) in [4.78, 5) is 18.4. The summed E-state index contributed by atoms with van der Waals surface area (Å²) in [7, 11) is 0. The second-order valence-corrected chi connectivity index (χ2v) is 6.41. The summed E-state index contributed by atoms with van der Waals surface area (Å²) in [5.74, 6) is -0.378. The van der Waals surface area contributed by atoms with Gasteiger partial charge >= 0.3 is 6.18 Å². The third kappa shape index (κ3) is 3.03. The highest BCUT2D eigenvalue weighted by Crippen LogP contribution is 2.43. The predicted molar refractivity (Wildman–Crippen MR) is 97.4 cm³/mol. The van der Waals surface area contributed by atoms with Crippen molar-refractivity contribution in [3.8, 4) is 5.75 Å². The van der Waals surface area contributed by atoms with Crippen LogP contribution in [-0.4, -0.2) is 15.1 Å². The van der Waals surface area contributed by atoms with Crippen LogP contribution in [0.5, 0.6) is 5.75 Å². The fourth-order valence-electron chi connectivity index (χ4n) is 2.65. The van der Waals surface area contributed by atoms with Crippen LogP contribution in [0.25, 0.3) is 26.0 Å². The van der Waals surface area contributed by atoms with E-state index in [1.165, 1.54) is 6.08 Å². The van der Waals surface area contributed by atoms with Crippen LogP contribution < -0.4 is 5.56 Å². The van der Waals surface area contributed by atoms with E-state index in [-0.39, 0.29) is 31.9 Å². The van der Waals surface area contributed by atoms with Crippen molar-refractivity contribution in [3.63, 3.8) is 0 Å². The molecule has 0 aliphatic carbocycles. The number of pyridine rings is 2. The summed E-state index contributed by atoms with van der Waals surface area (Å²) < 4.78 is 41.3. The number of alkyl halides is 3. The molecule has 26 heavy (non-hydrogen) atoms. The molecule has 0 aromatic carbocycles. The molecular weight excluding hydrogens is 365 g/mol. The highest BCUT2D eigenvalue weighted by atomic mass is 32.1. The molecule has 0 aliphatic rings. The molecule has 0 spiro atoms. The highest BCUT2D eigenvalue weighted by molar-refractivity contribution is 7.25. The first kappa shape index (κ1) is 17.9. The van der Waals surface area contributed by atoms with Gasteiger partial charge in [0.25, 0.3) is 5.56 Å². The molecule has 8 heteroatoms. The maximum absolute atomic E-state index is 13.7. The quantitative estimate of drug-likeness (QED) is 0.630. The van der Waals surface area contributed by atoms with Crippen LogP contribution in [0.15, 0.2) is 47.8 Å². The van der Waals surface area contributed by atoms with Crippen LogP contribution in [-0.2, 0) is 6.18 Å². The molecule has 3 rings (SSSR count). The van der Waals surface area contributed by atoms with E-state index >= 15 is 0 Å². The molecule has 0 saturated heterocycles. The number of nitrogens with one attached hydrogen (secondary N) is 1. The number of aromatic amines is 1. The fraction of sp³-hybridized carbons (Fsp3) is 0.111. The summed E-state index contributed by atoms with van der Waals surface area (Å²) >= 11 is 0.887. The Balaban J connectivity index is 2.49. The average Bonchev–Trinajstić information content (AvgIpc) is 2.92. The Kier molecular flexibility index (Phi) is 4.45. The van der Waals surface area contributed by atoms with Crippen LogP contribution in [0, 0.1) is 0 Å². The van der Waals surface area contributed by atoms with Crippen molar-refractivity contribution in [1.82, 2.24) is 9.97 Å². The van der Waals surface area contributed by atoms with E-state index in [0.29, 0.717) is 5.57 Å². The second-order valence-electron chi connectivity index (χ2n) is 5.42. The summed E-state index contributed by atoms with van der Waals surface area (Å²) in [6.07, 6.45) is 1.66. The Bertz CT molecular complexity index is 1140. The number of nitrogens with zero attached hydrogens (tertiary/aromatic N) is 1. The lowest BCUT2D eigenvalue weighted by atomic mass is 10.1. The van der Waals surface area contributed by atoms with E-state index in [2.05, 4.69) is 16.5 Å². The average molecular weight is 378 g/mol. The number of aromatic nitrogens is 2. The van der Waals surface area contributed by atoms with Crippen LogP contribution >= 0.6 is 11.3 Å². The molecule has 3 aromatic rings. The van der Waals surface area contributed by atoms with Gasteiger partial charge in [0.15, 0.2) is 0 Å². The predicted octanol–water partition coefficient (Wildman–Crippen LogP) is 5.01. The molecule has 0 bridgehead atoms. The zero-order chi connectivity index (χ0) is 19.1. The van der Waals surface area contributed by atoms with Gasteiger partial charge in [-0.25, -0.2) is 4.98 Å². The summed E-state index contributed by atoms with van der Waals surface area (Å²) in [5, 5.41) is 9.71. The van der Waals surface area contributed by atoms with E-state index in [1.807, 2.05) is 0 Å². The van der Waals surface area contributed by atoms with E-state index in [1.54, 1.807) is 25.2 Å². The molecule has 3 aromatic heterocycles. The number of hydrogen-bond donors (Lipinski definition) is 2. The smallest absolute Gasteiger partial charge is 0.417 e. The maximum atomic E-state index is 13.7. The number of aromatic hydroxyl groups is 1. The first-order valence-corrected chi connectivity index (χ1v) is 8.30. The van der Waals surface area contributed by atoms with Gasteiger partial charge in [-0.2, -0.15) is 13.2 Å². The Morgan fingerprint density at radius 1 is 1.38 bits per heavy atom. The Hall–Kier alpha value is -2.87. The van der Waals surface area contributed by atoms with Crippen molar-refractivity contribution in [1.29, 1.82) is 0 Å². The lowest BCUT2D eigenvalue weighted by Gasteiger charge is -2.11. The Labute approximate surface area is 149 Å². The first-order chi connectivity index (χ1) is 12.3. The largest absolute Gasteiger partial charge is 0.506 e. The van der Waals surface area contributed by atoms with Gasteiger partial charge in [-0.1, -0.05) is 30.9 Å². The van der Waals surface area contributed by atoms with E-state index in [4.69, 9.17) is 0 Å². The first-order valence-electron chi connectivity index (χ1n) is 7.48. The van der Waals surface area contributed by atoms with Crippen molar-refractivity contribution in [2.45, 2.75) is 13.1 Å². The number of halogens is 3. The van der Waals surface area contributed by atoms with Crippen molar-refractivity contribution < 1.29 is 18.3 Å². The molecule has 0 saturated carbocycles. The third-order valence-corrected chi connectivity index (χ3v) is 4.76. The molecule has 0 aliphatic heterocycles. The van der Waals surface area contributed by atoms with Gasteiger partial charge in [-0.15, -0.1) is 11.3 Å². The third-order valence-electron chi connectivity index (χ3n) is 3.66. The minimum Gasteiger partial charge on any atom is -0.506 e. The van der Waals surface area contributed by atoms with Crippen LogP contribution in [0.3, 0.4) is 0 Å². The lowest BCUT2D eigenvalue weighted by molar-refractivity contribution is -0.136. The summed E-state index contributed by atoms with van der Waals surface area (Å²) in [5.41, 5.74) is -1.10. The maximum Gasteiger partial charge on any atom is 0.417 e. The number of fused-ring (bicyclic) bond motifs is 3. The van der Waals surface area contributed by atoms with E-state index < -0.39 is 17.3 Å². The van der Waals surface area contributed by atoms with Gasteiger partial charge < -0.3 is 10.1 Å². The van der Waals surface area contributed by atoms with Crippen molar-refractivity contribution >= 4 is 37.3 Å². The van der Waals surface area contributed by atoms with Crippen LogP contribution in [0.1, 0.15) is 18.2 Å². The molecule has 3 heterocycles. The molecule has 0 fully saturated rings. The van der Waals surface area contributed by atoms with E-state index in [0.717, 1.165) is 23.5 Å². The standard InChI is InChI=1S/C18H13F3N2O2S/c1-3-5-9(6-4-2)11-7-10(18(19,20)21)14-15-16(26-17(14)22-11)12(24)8-13(25)23-15/h3-8H,1H2,2H3,(H2,23,24,25)/b6-4-,9-5+. The molecule has 0 atom stereocenters. The van der Waals surface area contributed by atoms with Crippen molar-refractivity contribution in [2.24, 2.45) is 0 Å². The zero-order valence-electron chi connectivity index (χ0n) is 13.5. The normalized spacial score (nSPS) is 13.2. The fourth-order valence-corrected chi connectivity index (χ4v) is 3.72. The molecule has 0 amide bonds. The molecule has 4 nitrogen and oxygen atoms in total. The number of rotatable bonds is 3. The highest BCUT2D eigenvalue weighted by Gasteiger charge is 2.35. The minimum atomic E-state index is -4.67. The monoisotopic (exact) mass is 378 g/mol. The van der Waals surface area contributed by atoms with Gasteiger partial charge in [-0.05, 0) is 18.6 Å². The molecule has 0 radical (unpaired) electrons. The summed E-state index contributed by atoms with van der Waals surface area (Å²) in [6, 6.07) is 1.86. The lowest BCUT2D eigenvalue weighted by Crippen LogP contribution is -2.08. The SMILES string of the molecule is C=C/C=C(\C=C/C)c1cc(C(F)(F)F)c2c(n1)sc1c(O)cc(=O)[nH]c12. The topological polar surface area (TPSA) is 66.0 Å². The summed E-state index contributed by atoms with van der Waals surface area (Å²) in [6.45, 7) is 5.31. The van der Waals surface area contributed by atoms with E-state index in [9.17, 15) is 23.1 Å². The zero-order valence-corrected chi connectivity index (χ0v) is 14.3. The molecule has 2 N–H and O–H groups in total. The Morgan fingerprint density at radius 3 is 2.73 bits per heavy atom. The minimum absolute atomic E-state index is 0.0679. The van der Waals surface area contributed by atoms with Crippen molar-refractivity contribution in [2.75, 3.05) is 0 Å². The number of thiophene rings is 1. The van der Waals surface area contributed by atoms with Crippen LogP contribution in [0.2, 0.25) is 0 Å². The number of allylic oxidation sites excluding steroid dienone is 5. The van der Waals surface area contributed by atoms with Gasteiger partial charge in [0.1, 0.15) is 10.6 Å². The van der Waals surface area contributed by atoms with Crippen LogP contribution in [0.4, 0.5) is 13.2 Å². The number of H-pyrrole nitrogens is 1.